The first-order chi connectivity index (χ1) is 24.8. The fourth-order valence-corrected chi connectivity index (χ4v) is 8.79. The minimum Gasteiger partial charge on any atom is -0.480 e. The number of unbranched alkanes of at least 4 members (excludes halogenated alkanes) is 7. The second-order valence-electron chi connectivity index (χ2n) is 14.3. The number of aromatic nitrogens is 4. The zero-order chi connectivity index (χ0) is 37.5. The predicted molar refractivity (Wildman–Crippen MR) is 191 cm³/mol. The zero-order valence-electron chi connectivity index (χ0n) is 30.0. The standard InChI is InChI=1S/C23H24F3N5O4S.C14H26N2/c1-14-10-21(31(28-14)15-4-2-5-15)29-13-17(12-19(29)22(32)33)36(34,35)20-7-6-16(30-9-3-8-27-30)11-18(20)23(24,25)26;1-2-3-4-5-6-7-8-9-12-16-14(13-15)10-11-14/h3,6-11,15,17,19H,2,4-5,12-13H2,1H3,(H,32,33);16H,2-12H2,1H3/t17-,19+;/m1./s1. The van der Waals surface area contributed by atoms with E-state index in [1.807, 2.05) is 0 Å². The van der Waals surface area contributed by atoms with Gasteiger partial charge in [-0.1, -0.05) is 51.9 Å². The highest BCUT2D eigenvalue weighted by atomic mass is 32.2. The zero-order valence-corrected chi connectivity index (χ0v) is 30.8. The molecule has 2 N–H and O–H groups in total. The van der Waals surface area contributed by atoms with Crippen LogP contribution in [-0.2, 0) is 20.8 Å². The summed E-state index contributed by atoms with van der Waals surface area (Å²) >= 11 is 0. The lowest BCUT2D eigenvalue weighted by Gasteiger charge is -2.31. The molecule has 1 saturated heterocycles. The van der Waals surface area contributed by atoms with Crippen LogP contribution in [-0.4, -0.2) is 69.0 Å². The Morgan fingerprint density at radius 3 is 2.35 bits per heavy atom. The molecule has 52 heavy (non-hydrogen) atoms. The van der Waals surface area contributed by atoms with E-state index in [1.165, 1.54) is 85.5 Å². The molecule has 2 atom stereocenters. The summed E-state index contributed by atoms with van der Waals surface area (Å²) in [5.74, 6) is -0.760. The fourth-order valence-electron chi connectivity index (χ4n) is 6.90. The maximum Gasteiger partial charge on any atom is 0.417 e. The van der Waals surface area contributed by atoms with Crippen molar-refractivity contribution < 1.29 is 31.5 Å². The summed E-state index contributed by atoms with van der Waals surface area (Å²) in [4.78, 5) is 12.7. The van der Waals surface area contributed by atoms with E-state index >= 15 is 0 Å². The van der Waals surface area contributed by atoms with Crippen molar-refractivity contribution in [2.75, 3.05) is 18.0 Å². The second-order valence-corrected chi connectivity index (χ2v) is 16.5. The maximum atomic E-state index is 14.0. The summed E-state index contributed by atoms with van der Waals surface area (Å²) in [6, 6.07) is 7.41. The molecule has 0 bridgehead atoms. The fraction of sp³-hybridized carbons (Fsp3) is 0.622. The van der Waals surface area contributed by atoms with Crippen LogP contribution >= 0.6 is 0 Å². The average Bonchev–Trinajstić information content (AvgIpc) is 3.42. The Labute approximate surface area is 304 Å². The molecular formula is C37H50F3N7O4S. The number of rotatable bonds is 16. The lowest BCUT2D eigenvalue weighted by molar-refractivity contribution is -0.140. The third kappa shape index (κ3) is 9.36. The molecule has 2 saturated carbocycles. The van der Waals surface area contributed by atoms with E-state index in [-0.39, 0.29) is 30.2 Å². The molecular weight excluding hydrogens is 696 g/mol. The number of carbonyl (C=O) groups is 1. The number of alkyl halides is 3. The molecule has 1 aromatic carbocycles. The summed E-state index contributed by atoms with van der Waals surface area (Å²) in [7, 11) is -4.55. The molecule has 3 aromatic rings. The number of nitriles is 1. The highest BCUT2D eigenvalue weighted by Crippen LogP contribution is 2.41. The van der Waals surface area contributed by atoms with Gasteiger partial charge in [-0.15, -0.1) is 0 Å². The molecule has 0 spiro atoms. The quantitative estimate of drug-likeness (QED) is 0.143. The molecule has 2 aromatic heterocycles. The van der Waals surface area contributed by atoms with Crippen molar-refractivity contribution >= 4 is 21.6 Å². The number of anilines is 1. The molecule has 3 heterocycles. The van der Waals surface area contributed by atoms with Crippen LogP contribution in [0.2, 0.25) is 0 Å². The molecule has 11 nitrogen and oxygen atoms in total. The largest absolute Gasteiger partial charge is 0.480 e. The summed E-state index contributed by atoms with van der Waals surface area (Å²) < 4.78 is 72.1. The van der Waals surface area contributed by atoms with Crippen LogP contribution in [0.3, 0.4) is 0 Å². The first-order valence-corrected chi connectivity index (χ1v) is 20.0. The van der Waals surface area contributed by atoms with Crippen LogP contribution in [0.1, 0.15) is 114 Å². The smallest absolute Gasteiger partial charge is 0.417 e. The van der Waals surface area contributed by atoms with E-state index < -0.39 is 43.7 Å². The number of nitrogens with one attached hydrogen (secondary N) is 1. The lowest BCUT2D eigenvalue weighted by Crippen LogP contribution is -2.38. The molecule has 0 amide bonds. The second kappa shape index (κ2) is 16.8. The molecule has 2 aliphatic carbocycles. The van der Waals surface area contributed by atoms with Gasteiger partial charge in [-0.2, -0.15) is 28.6 Å². The average molecular weight is 746 g/mol. The summed E-state index contributed by atoms with van der Waals surface area (Å²) in [6.07, 6.45) is 13.3. The normalized spacial score (nSPS) is 19.8. The Morgan fingerprint density at radius 2 is 1.79 bits per heavy atom. The molecule has 1 aliphatic heterocycles. The Hall–Kier alpha value is -3.90. The molecule has 0 radical (unpaired) electrons. The van der Waals surface area contributed by atoms with Crippen molar-refractivity contribution in [3.05, 3.63) is 54.0 Å². The molecule has 6 rings (SSSR count). The van der Waals surface area contributed by atoms with Crippen molar-refractivity contribution in [2.24, 2.45) is 0 Å². The molecule has 284 valence electrons. The number of halogens is 3. The van der Waals surface area contributed by atoms with Gasteiger partial charge >= 0.3 is 12.1 Å². The van der Waals surface area contributed by atoms with Crippen molar-refractivity contribution in [1.29, 1.82) is 5.26 Å². The van der Waals surface area contributed by atoms with E-state index in [0.29, 0.717) is 11.5 Å². The molecule has 3 aliphatic rings. The lowest BCUT2D eigenvalue weighted by atomic mass is 9.93. The Bertz CT molecular complexity index is 1800. The highest BCUT2D eigenvalue weighted by Gasteiger charge is 2.48. The number of carboxylic acid groups (broad SMARTS) is 1. The van der Waals surface area contributed by atoms with Gasteiger partial charge in [-0.05, 0) is 82.7 Å². The van der Waals surface area contributed by atoms with Crippen molar-refractivity contribution in [1.82, 2.24) is 24.9 Å². The molecule has 15 heteroatoms. The van der Waals surface area contributed by atoms with Gasteiger partial charge in [-0.3, -0.25) is 5.32 Å². The third-order valence-electron chi connectivity index (χ3n) is 10.3. The van der Waals surface area contributed by atoms with Gasteiger partial charge in [0, 0.05) is 25.0 Å². The monoisotopic (exact) mass is 745 g/mol. The van der Waals surface area contributed by atoms with Crippen LogP contribution in [0.4, 0.5) is 19.0 Å². The maximum absolute atomic E-state index is 14.0. The van der Waals surface area contributed by atoms with E-state index in [2.05, 4.69) is 28.5 Å². The third-order valence-corrected chi connectivity index (χ3v) is 12.5. The van der Waals surface area contributed by atoms with Gasteiger partial charge in [0.25, 0.3) is 0 Å². The predicted octanol–water partition coefficient (Wildman–Crippen LogP) is 7.40. The van der Waals surface area contributed by atoms with Gasteiger partial charge in [0.05, 0.1) is 39.2 Å². The van der Waals surface area contributed by atoms with E-state index in [0.717, 1.165) is 50.8 Å². The first kappa shape index (κ1) is 39.3. The number of hydrogen-bond acceptors (Lipinski definition) is 8. The van der Waals surface area contributed by atoms with Gasteiger partial charge in [0.2, 0.25) is 0 Å². The first-order valence-electron chi connectivity index (χ1n) is 18.5. The molecule has 3 fully saturated rings. The van der Waals surface area contributed by atoms with E-state index in [9.17, 15) is 31.5 Å². The number of aryl methyl sites for hydroxylation is 1. The summed E-state index contributed by atoms with van der Waals surface area (Å²) in [6.45, 7) is 4.79. The number of benzene rings is 1. The Morgan fingerprint density at radius 1 is 1.10 bits per heavy atom. The van der Waals surface area contributed by atoms with E-state index in [1.54, 1.807) is 17.7 Å². The van der Waals surface area contributed by atoms with Gasteiger partial charge in [-0.25, -0.2) is 22.6 Å². The Balaban J connectivity index is 0.000000275. The van der Waals surface area contributed by atoms with Crippen LogP contribution < -0.4 is 10.2 Å². The van der Waals surface area contributed by atoms with Gasteiger partial charge in [0.15, 0.2) is 9.84 Å². The number of aliphatic carboxylic acids is 1. The van der Waals surface area contributed by atoms with Crippen molar-refractivity contribution in [2.45, 2.75) is 138 Å². The van der Waals surface area contributed by atoms with Crippen molar-refractivity contribution in [3.63, 3.8) is 0 Å². The van der Waals surface area contributed by atoms with Crippen LogP contribution in [0.5, 0.6) is 0 Å². The number of sulfone groups is 1. The Kier molecular flexibility index (Phi) is 12.7. The van der Waals surface area contributed by atoms with Crippen molar-refractivity contribution in [3.8, 4) is 11.8 Å². The number of carboxylic acids is 1. The minimum atomic E-state index is -4.95. The van der Waals surface area contributed by atoms with Crippen LogP contribution in [0.25, 0.3) is 5.69 Å². The van der Waals surface area contributed by atoms with Gasteiger partial charge < -0.3 is 10.0 Å². The minimum absolute atomic E-state index is 0.0580. The van der Waals surface area contributed by atoms with Gasteiger partial charge in [0.1, 0.15) is 17.4 Å². The summed E-state index contributed by atoms with van der Waals surface area (Å²) in [5, 5.41) is 29.1. The highest BCUT2D eigenvalue weighted by molar-refractivity contribution is 7.92. The number of nitrogens with zero attached hydrogens (tertiary/aromatic N) is 6. The molecule has 0 unspecified atom stereocenters. The van der Waals surface area contributed by atoms with E-state index in [4.69, 9.17) is 5.26 Å². The topological polar surface area (TPSA) is 146 Å². The SMILES string of the molecule is CCCCCCCCCCNC1(C#N)CC1.Cc1cc(N2C[C@H](S(=O)(=O)c3ccc(-n4cccn4)cc3C(F)(F)F)C[C@H]2C(=O)O)n(C2CCC2)n1. The summed E-state index contributed by atoms with van der Waals surface area (Å²) in [5.41, 5.74) is -0.707. The van der Waals surface area contributed by atoms with Crippen LogP contribution in [0, 0.1) is 18.3 Å². The number of hydrogen-bond donors (Lipinski definition) is 2. The van der Waals surface area contributed by atoms with Crippen LogP contribution in [0.15, 0.2) is 47.6 Å².